The molecule has 8 heteroatoms. The molecular weight excluding hydrogens is 410 g/mol. The van der Waals surface area contributed by atoms with Crippen molar-refractivity contribution in [2.75, 3.05) is 51.4 Å². The van der Waals surface area contributed by atoms with Crippen molar-refractivity contribution >= 4 is 23.1 Å². The van der Waals surface area contributed by atoms with Crippen molar-refractivity contribution in [1.29, 1.82) is 0 Å². The molecule has 3 rings (SSSR count). The molecule has 1 atom stereocenters. The standard InChI is InChI=1S/C22H28F2N2O3S/c1-22(23,24)16-7-8-21-19(13-16)26(18-5-3-4-6-20(18)30-21)15-17(29-2)14-25(9-11-27)10-12-28/h3-8,13,17,27-28H,9-12,14-15H2,1-2H3. The molecule has 0 amide bonds. The van der Waals surface area contributed by atoms with Gasteiger partial charge in [0, 0.05) is 49.0 Å². The number of rotatable bonds is 10. The third-order valence-corrected chi connectivity index (χ3v) is 6.28. The molecule has 0 aromatic heterocycles. The van der Waals surface area contributed by atoms with Crippen LogP contribution in [0.2, 0.25) is 0 Å². The predicted molar refractivity (Wildman–Crippen MR) is 115 cm³/mol. The highest BCUT2D eigenvalue weighted by Crippen LogP contribution is 2.49. The molecule has 2 aromatic rings. The summed E-state index contributed by atoms with van der Waals surface area (Å²) >= 11 is 1.57. The van der Waals surface area contributed by atoms with E-state index < -0.39 is 5.92 Å². The highest BCUT2D eigenvalue weighted by molar-refractivity contribution is 7.99. The molecule has 164 valence electrons. The maximum atomic E-state index is 14.0. The fourth-order valence-electron chi connectivity index (χ4n) is 3.57. The molecular formula is C22H28F2N2O3S. The molecule has 0 aliphatic carbocycles. The van der Waals surface area contributed by atoms with Gasteiger partial charge in [0.05, 0.1) is 37.2 Å². The summed E-state index contributed by atoms with van der Waals surface area (Å²) in [6.45, 7) is 2.68. The summed E-state index contributed by atoms with van der Waals surface area (Å²) < 4.78 is 33.7. The van der Waals surface area contributed by atoms with Gasteiger partial charge >= 0.3 is 0 Å². The number of ether oxygens (including phenoxy) is 1. The number of hydrogen-bond acceptors (Lipinski definition) is 6. The van der Waals surface area contributed by atoms with Crippen LogP contribution in [0, 0.1) is 0 Å². The first-order valence-corrected chi connectivity index (χ1v) is 10.7. The fourth-order valence-corrected chi connectivity index (χ4v) is 4.65. The highest BCUT2D eigenvalue weighted by Gasteiger charge is 2.30. The zero-order chi connectivity index (χ0) is 21.7. The molecule has 30 heavy (non-hydrogen) atoms. The van der Waals surface area contributed by atoms with E-state index >= 15 is 0 Å². The zero-order valence-corrected chi connectivity index (χ0v) is 18.0. The third kappa shape index (κ3) is 5.31. The minimum Gasteiger partial charge on any atom is -0.395 e. The van der Waals surface area contributed by atoms with E-state index in [-0.39, 0.29) is 24.9 Å². The molecule has 1 aliphatic heterocycles. The van der Waals surface area contributed by atoms with Crippen LogP contribution in [0.1, 0.15) is 12.5 Å². The van der Waals surface area contributed by atoms with Crippen molar-refractivity contribution in [1.82, 2.24) is 4.90 Å². The molecule has 1 aliphatic rings. The van der Waals surface area contributed by atoms with Gasteiger partial charge in [-0.25, -0.2) is 8.78 Å². The Hall–Kier alpha value is -1.71. The molecule has 5 nitrogen and oxygen atoms in total. The summed E-state index contributed by atoms with van der Waals surface area (Å²) in [5.74, 6) is -2.93. The van der Waals surface area contributed by atoms with Crippen LogP contribution >= 0.6 is 11.8 Å². The molecule has 1 heterocycles. The molecule has 0 bridgehead atoms. The summed E-state index contributed by atoms with van der Waals surface area (Å²) in [6, 6.07) is 12.7. The van der Waals surface area contributed by atoms with E-state index in [2.05, 4.69) is 0 Å². The fraction of sp³-hybridized carbons (Fsp3) is 0.455. The van der Waals surface area contributed by atoms with Crippen LogP contribution < -0.4 is 4.90 Å². The lowest BCUT2D eigenvalue weighted by atomic mass is 10.1. The molecule has 0 saturated carbocycles. The van der Waals surface area contributed by atoms with Crippen molar-refractivity contribution in [2.24, 2.45) is 0 Å². The van der Waals surface area contributed by atoms with E-state index in [1.54, 1.807) is 31.0 Å². The Labute approximate surface area is 180 Å². The zero-order valence-electron chi connectivity index (χ0n) is 17.2. The van der Waals surface area contributed by atoms with Crippen molar-refractivity contribution in [3.05, 3.63) is 48.0 Å². The number of para-hydroxylation sites is 1. The van der Waals surface area contributed by atoms with E-state index in [0.717, 1.165) is 28.1 Å². The van der Waals surface area contributed by atoms with Crippen LogP contribution in [0.3, 0.4) is 0 Å². The normalized spacial score (nSPS) is 14.6. The monoisotopic (exact) mass is 438 g/mol. The SMILES string of the molecule is COC(CN(CCO)CCO)CN1c2ccccc2Sc2ccc(C(C)(F)F)cc21. The molecule has 0 radical (unpaired) electrons. The topological polar surface area (TPSA) is 56.2 Å². The number of halogens is 2. The number of hydrogen-bond donors (Lipinski definition) is 2. The van der Waals surface area contributed by atoms with Crippen LogP contribution in [0.15, 0.2) is 52.3 Å². The number of aliphatic hydroxyl groups excluding tert-OH is 2. The number of nitrogens with zero attached hydrogens (tertiary/aromatic N) is 2. The minimum atomic E-state index is -2.93. The van der Waals surface area contributed by atoms with Crippen molar-refractivity contribution in [3.63, 3.8) is 0 Å². The Kier molecular flexibility index (Phi) is 7.70. The van der Waals surface area contributed by atoms with Gasteiger partial charge in [0.1, 0.15) is 0 Å². The second kappa shape index (κ2) is 10.1. The summed E-state index contributed by atoms with van der Waals surface area (Å²) in [6.07, 6.45) is -0.252. The Morgan fingerprint density at radius 1 is 1.07 bits per heavy atom. The lowest BCUT2D eigenvalue weighted by molar-refractivity contribution is 0.0174. The summed E-state index contributed by atoms with van der Waals surface area (Å²) in [5, 5.41) is 18.6. The van der Waals surface area contributed by atoms with Gasteiger partial charge in [-0.3, -0.25) is 4.90 Å². The number of alkyl halides is 2. The minimum absolute atomic E-state index is 0.0165. The number of anilines is 2. The lowest BCUT2D eigenvalue weighted by Crippen LogP contribution is -2.42. The quantitative estimate of drug-likeness (QED) is 0.590. The van der Waals surface area contributed by atoms with E-state index in [4.69, 9.17) is 4.74 Å². The van der Waals surface area contributed by atoms with Gasteiger partial charge in [0.2, 0.25) is 0 Å². The molecule has 2 N–H and O–H groups in total. The Balaban J connectivity index is 1.94. The molecule has 2 aromatic carbocycles. The van der Waals surface area contributed by atoms with E-state index in [1.807, 2.05) is 34.1 Å². The lowest BCUT2D eigenvalue weighted by Gasteiger charge is -2.36. The molecule has 1 unspecified atom stereocenters. The van der Waals surface area contributed by atoms with Gasteiger partial charge in [-0.15, -0.1) is 0 Å². The Morgan fingerprint density at radius 3 is 2.37 bits per heavy atom. The van der Waals surface area contributed by atoms with Crippen LogP contribution in [-0.4, -0.2) is 67.7 Å². The van der Waals surface area contributed by atoms with Crippen molar-refractivity contribution < 1.29 is 23.7 Å². The van der Waals surface area contributed by atoms with Crippen LogP contribution in [0.25, 0.3) is 0 Å². The second-order valence-electron chi connectivity index (χ2n) is 7.36. The van der Waals surface area contributed by atoms with Crippen LogP contribution in [0.4, 0.5) is 20.2 Å². The Morgan fingerprint density at radius 2 is 1.73 bits per heavy atom. The predicted octanol–water partition coefficient (Wildman–Crippen LogP) is 3.70. The molecule has 0 fully saturated rings. The first-order chi connectivity index (χ1) is 14.4. The molecule has 0 saturated heterocycles. The first kappa shape index (κ1) is 23.0. The van der Waals surface area contributed by atoms with Gasteiger partial charge in [0.25, 0.3) is 5.92 Å². The highest BCUT2D eigenvalue weighted by atomic mass is 32.2. The number of benzene rings is 2. The van der Waals surface area contributed by atoms with E-state index in [9.17, 15) is 19.0 Å². The van der Waals surface area contributed by atoms with E-state index in [0.29, 0.717) is 26.2 Å². The maximum absolute atomic E-state index is 14.0. The van der Waals surface area contributed by atoms with E-state index in [1.165, 1.54) is 6.07 Å². The average molecular weight is 439 g/mol. The van der Waals surface area contributed by atoms with Gasteiger partial charge in [0.15, 0.2) is 0 Å². The smallest absolute Gasteiger partial charge is 0.270 e. The average Bonchev–Trinajstić information content (AvgIpc) is 2.72. The third-order valence-electron chi connectivity index (χ3n) is 5.15. The van der Waals surface area contributed by atoms with Gasteiger partial charge < -0.3 is 19.8 Å². The summed E-state index contributed by atoms with van der Waals surface area (Å²) in [7, 11) is 1.61. The van der Waals surface area contributed by atoms with Crippen molar-refractivity contribution in [3.8, 4) is 0 Å². The van der Waals surface area contributed by atoms with Crippen molar-refractivity contribution in [2.45, 2.75) is 28.7 Å². The Bertz CT molecular complexity index is 841. The second-order valence-corrected chi connectivity index (χ2v) is 8.44. The van der Waals surface area contributed by atoms with Gasteiger partial charge in [-0.2, -0.15) is 0 Å². The summed E-state index contributed by atoms with van der Waals surface area (Å²) in [4.78, 5) is 5.93. The number of fused-ring (bicyclic) bond motifs is 2. The maximum Gasteiger partial charge on any atom is 0.270 e. The van der Waals surface area contributed by atoms with Gasteiger partial charge in [-0.05, 0) is 24.3 Å². The molecule has 0 spiro atoms. The van der Waals surface area contributed by atoms with Gasteiger partial charge in [-0.1, -0.05) is 30.0 Å². The van der Waals surface area contributed by atoms with Crippen LogP contribution in [-0.2, 0) is 10.7 Å². The number of methoxy groups -OCH3 is 1. The largest absolute Gasteiger partial charge is 0.395 e. The number of aliphatic hydroxyl groups is 2. The summed E-state index contributed by atoms with van der Waals surface area (Å²) in [5.41, 5.74) is 1.66. The first-order valence-electron chi connectivity index (χ1n) is 9.91. The van der Waals surface area contributed by atoms with Crippen LogP contribution in [0.5, 0.6) is 0 Å².